The van der Waals surface area contributed by atoms with Gasteiger partial charge in [0, 0.05) is 12.8 Å². The van der Waals surface area contributed by atoms with Crippen LogP contribution in [0.2, 0.25) is 0 Å². The highest BCUT2D eigenvalue weighted by Gasteiger charge is 2.29. The zero-order valence-electron chi connectivity index (χ0n) is 11.3. The maximum atomic E-state index is 11.8. The van der Waals surface area contributed by atoms with Crippen LogP contribution >= 0.6 is 0 Å². The molecule has 0 aliphatic carbocycles. The molecule has 0 heterocycles. The number of rotatable bonds is 7. The highest BCUT2D eigenvalue weighted by Crippen LogP contribution is 2.17. The molecule has 0 bridgehead atoms. The summed E-state index contributed by atoms with van der Waals surface area (Å²) in [6.07, 6.45) is 1.36. The Hall–Kier alpha value is -0.420. The number of nitrogens with two attached hydrogens (primary N) is 1. The van der Waals surface area contributed by atoms with E-state index in [-0.39, 0.29) is 23.9 Å². The standard InChI is InChI=1S/C12H25NO3S/c1-5-10(9-13)8-11(14)6-7-17(15,16)12(2,3)4/h10H,5-9,13H2,1-4H3. The van der Waals surface area contributed by atoms with Crippen molar-refractivity contribution in [2.45, 2.75) is 51.7 Å². The average molecular weight is 263 g/mol. The molecule has 0 spiro atoms. The molecule has 0 aromatic heterocycles. The molecule has 0 aromatic carbocycles. The second-order valence-electron chi connectivity index (χ2n) is 5.43. The zero-order valence-corrected chi connectivity index (χ0v) is 12.1. The van der Waals surface area contributed by atoms with Gasteiger partial charge in [-0.2, -0.15) is 0 Å². The molecule has 0 fully saturated rings. The van der Waals surface area contributed by atoms with Crippen LogP contribution in [0.3, 0.4) is 0 Å². The summed E-state index contributed by atoms with van der Waals surface area (Å²) in [6, 6.07) is 0. The van der Waals surface area contributed by atoms with Gasteiger partial charge in [0.1, 0.15) is 5.78 Å². The maximum Gasteiger partial charge on any atom is 0.155 e. The Balaban J connectivity index is 4.27. The lowest BCUT2D eigenvalue weighted by Crippen LogP contribution is -2.31. The molecule has 0 aliphatic heterocycles. The summed E-state index contributed by atoms with van der Waals surface area (Å²) in [4.78, 5) is 11.6. The second-order valence-corrected chi connectivity index (χ2v) is 8.30. The Labute approximate surface area is 105 Å². The minimum absolute atomic E-state index is 0.00451. The van der Waals surface area contributed by atoms with Gasteiger partial charge < -0.3 is 5.73 Å². The van der Waals surface area contributed by atoms with E-state index in [9.17, 15) is 13.2 Å². The predicted molar refractivity (Wildman–Crippen MR) is 70.6 cm³/mol. The van der Waals surface area contributed by atoms with Gasteiger partial charge in [-0.3, -0.25) is 4.79 Å². The van der Waals surface area contributed by atoms with Crippen molar-refractivity contribution >= 4 is 15.6 Å². The highest BCUT2D eigenvalue weighted by atomic mass is 32.2. The lowest BCUT2D eigenvalue weighted by atomic mass is 9.99. The quantitative estimate of drug-likeness (QED) is 0.755. The fourth-order valence-corrected chi connectivity index (χ4v) is 2.48. The van der Waals surface area contributed by atoms with Crippen molar-refractivity contribution in [1.29, 1.82) is 0 Å². The summed E-state index contributed by atoms with van der Waals surface area (Å²) >= 11 is 0. The Bertz CT molecular complexity index is 337. The molecule has 1 unspecified atom stereocenters. The molecule has 0 radical (unpaired) electrons. The number of ketones is 1. The fraction of sp³-hybridized carbons (Fsp3) is 0.917. The monoisotopic (exact) mass is 263 g/mol. The van der Waals surface area contributed by atoms with Crippen LogP contribution in [0.25, 0.3) is 0 Å². The molecule has 17 heavy (non-hydrogen) atoms. The average Bonchev–Trinajstić information content (AvgIpc) is 2.21. The van der Waals surface area contributed by atoms with E-state index in [1.807, 2.05) is 6.92 Å². The third-order valence-electron chi connectivity index (χ3n) is 3.01. The molecule has 1 atom stereocenters. The van der Waals surface area contributed by atoms with E-state index in [1.165, 1.54) is 0 Å². The van der Waals surface area contributed by atoms with Gasteiger partial charge in [-0.05, 0) is 33.2 Å². The van der Waals surface area contributed by atoms with Crippen molar-refractivity contribution in [3.05, 3.63) is 0 Å². The van der Waals surface area contributed by atoms with Gasteiger partial charge in [0.05, 0.1) is 10.5 Å². The van der Waals surface area contributed by atoms with Gasteiger partial charge in [-0.15, -0.1) is 0 Å². The molecule has 4 nitrogen and oxygen atoms in total. The smallest absolute Gasteiger partial charge is 0.155 e. The number of hydrogen-bond acceptors (Lipinski definition) is 4. The van der Waals surface area contributed by atoms with Crippen LogP contribution in [0.4, 0.5) is 0 Å². The molecule has 0 saturated heterocycles. The zero-order chi connectivity index (χ0) is 13.7. The van der Waals surface area contributed by atoms with Crippen molar-refractivity contribution < 1.29 is 13.2 Å². The van der Waals surface area contributed by atoms with Crippen LogP contribution in [-0.2, 0) is 14.6 Å². The summed E-state index contributed by atoms with van der Waals surface area (Å²) in [5.74, 6) is 0.117. The largest absolute Gasteiger partial charge is 0.330 e. The lowest BCUT2D eigenvalue weighted by Gasteiger charge is -2.19. The first kappa shape index (κ1) is 16.6. The minimum Gasteiger partial charge on any atom is -0.330 e. The van der Waals surface area contributed by atoms with Gasteiger partial charge in [-0.25, -0.2) is 8.42 Å². The Kier molecular flexibility index (Phi) is 6.34. The third kappa shape index (κ3) is 5.64. The SMILES string of the molecule is CCC(CN)CC(=O)CCS(=O)(=O)C(C)(C)C. The molecule has 0 amide bonds. The van der Waals surface area contributed by atoms with Crippen molar-refractivity contribution in [3.8, 4) is 0 Å². The summed E-state index contributed by atoms with van der Waals surface area (Å²) in [5, 5.41) is 0. The van der Waals surface area contributed by atoms with E-state index >= 15 is 0 Å². The molecule has 0 aromatic rings. The Morgan fingerprint density at radius 1 is 1.29 bits per heavy atom. The Morgan fingerprint density at radius 3 is 2.18 bits per heavy atom. The summed E-state index contributed by atoms with van der Waals surface area (Å²) in [7, 11) is -3.19. The van der Waals surface area contributed by atoms with E-state index < -0.39 is 14.6 Å². The molecule has 2 N–H and O–H groups in total. The molecule has 5 heteroatoms. The van der Waals surface area contributed by atoms with Crippen molar-refractivity contribution in [2.24, 2.45) is 11.7 Å². The molecule has 0 aliphatic rings. The van der Waals surface area contributed by atoms with Gasteiger partial charge in [0.15, 0.2) is 9.84 Å². The molecule has 0 rings (SSSR count). The van der Waals surface area contributed by atoms with Crippen molar-refractivity contribution in [1.82, 2.24) is 0 Å². The highest BCUT2D eigenvalue weighted by molar-refractivity contribution is 7.92. The molecular formula is C12H25NO3S. The van der Waals surface area contributed by atoms with Crippen molar-refractivity contribution in [3.63, 3.8) is 0 Å². The van der Waals surface area contributed by atoms with Gasteiger partial charge in [0.25, 0.3) is 0 Å². The number of carbonyl (C=O) groups is 1. The van der Waals surface area contributed by atoms with Crippen LogP contribution in [0.1, 0.15) is 47.0 Å². The summed E-state index contributed by atoms with van der Waals surface area (Å²) < 4.78 is 22.8. The number of hydrogen-bond donors (Lipinski definition) is 1. The summed E-state index contributed by atoms with van der Waals surface area (Å²) in [6.45, 7) is 7.43. The van der Waals surface area contributed by atoms with Crippen LogP contribution in [0.5, 0.6) is 0 Å². The van der Waals surface area contributed by atoms with E-state index in [1.54, 1.807) is 20.8 Å². The van der Waals surface area contributed by atoms with Gasteiger partial charge >= 0.3 is 0 Å². The van der Waals surface area contributed by atoms with Gasteiger partial charge in [-0.1, -0.05) is 13.3 Å². The topological polar surface area (TPSA) is 77.2 Å². The van der Waals surface area contributed by atoms with Crippen LogP contribution in [0, 0.1) is 5.92 Å². The Morgan fingerprint density at radius 2 is 1.82 bits per heavy atom. The molecular weight excluding hydrogens is 238 g/mol. The number of carbonyl (C=O) groups excluding carboxylic acids is 1. The number of sulfone groups is 1. The normalized spacial score (nSPS) is 14.6. The first-order chi connectivity index (χ1) is 7.64. The minimum atomic E-state index is -3.19. The van der Waals surface area contributed by atoms with E-state index in [0.717, 1.165) is 6.42 Å². The van der Waals surface area contributed by atoms with Crippen molar-refractivity contribution in [2.75, 3.05) is 12.3 Å². The number of Topliss-reactive ketones (excluding diaryl/α,β-unsaturated/α-hetero) is 1. The second kappa shape index (κ2) is 6.50. The van der Waals surface area contributed by atoms with E-state index in [0.29, 0.717) is 13.0 Å². The fourth-order valence-electron chi connectivity index (χ4n) is 1.37. The predicted octanol–water partition coefficient (Wildman–Crippen LogP) is 1.53. The van der Waals surface area contributed by atoms with Gasteiger partial charge in [0.2, 0.25) is 0 Å². The van der Waals surface area contributed by atoms with E-state index in [2.05, 4.69) is 0 Å². The first-order valence-corrected chi connectivity index (χ1v) is 7.73. The van der Waals surface area contributed by atoms with Crippen LogP contribution < -0.4 is 5.73 Å². The van der Waals surface area contributed by atoms with E-state index in [4.69, 9.17) is 5.73 Å². The third-order valence-corrected chi connectivity index (χ3v) is 5.62. The molecule has 102 valence electrons. The summed E-state index contributed by atoms with van der Waals surface area (Å²) in [5.41, 5.74) is 5.51. The maximum absolute atomic E-state index is 11.8. The van der Waals surface area contributed by atoms with Crippen LogP contribution in [-0.4, -0.2) is 31.2 Å². The molecule has 0 saturated carbocycles. The van der Waals surface area contributed by atoms with Crippen LogP contribution in [0.15, 0.2) is 0 Å². The first-order valence-electron chi connectivity index (χ1n) is 6.08. The lowest BCUT2D eigenvalue weighted by molar-refractivity contribution is -0.119.